The molecule has 0 saturated carbocycles. The minimum atomic E-state index is -1.14. The first-order chi connectivity index (χ1) is 14.8. The molecule has 0 N–H and O–H groups in total. The summed E-state index contributed by atoms with van der Waals surface area (Å²) in [6.07, 6.45) is 6.92. The molecule has 0 aliphatic rings. The molecule has 0 fully saturated rings. The summed E-state index contributed by atoms with van der Waals surface area (Å²) < 4.78 is 10.9. The summed E-state index contributed by atoms with van der Waals surface area (Å²) in [6.45, 7) is 6.32. The van der Waals surface area contributed by atoms with Crippen LogP contribution in [0.2, 0.25) is 13.3 Å². The fraction of sp³-hybridized carbons (Fsp3) is 0.429. The molecule has 0 aliphatic carbocycles. The minimum absolute atomic E-state index is 0.733. The Morgan fingerprint density at radius 2 is 1.27 bits per heavy atom. The van der Waals surface area contributed by atoms with Gasteiger partial charge < -0.3 is 0 Å². The van der Waals surface area contributed by atoms with Crippen LogP contribution in [-0.4, -0.2) is 26.4 Å². The molecule has 0 aliphatic heterocycles. The number of benzene rings is 4. The van der Waals surface area contributed by atoms with Crippen LogP contribution >= 0.6 is 0 Å². The summed E-state index contributed by atoms with van der Waals surface area (Å²) in [5.41, 5.74) is 1.33. The number of unbranched alkanes of at least 4 members (excludes halogenated alkanes) is 2. The molecule has 0 heterocycles. The van der Waals surface area contributed by atoms with Gasteiger partial charge in [0.05, 0.1) is 0 Å². The van der Waals surface area contributed by atoms with Crippen molar-refractivity contribution < 1.29 is 4.74 Å². The normalized spacial score (nSPS) is 12.1. The second-order valence-corrected chi connectivity index (χ2v) is 17.3. The van der Waals surface area contributed by atoms with Gasteiger partial charge in [-0.3, -0.25) is 0 Å². The van der Waals surface area contributed by atoms with E-state index in [0.717, 1.165) is 13.2 Å². The van der Waals surface area contributed by atoms with E-state index < -0.39 is 19.8 Å². The predicted molar refractivity (Wildman–Crippen MR) is 134 cm³/mol. The van der Waals surface area contributed by atoms with Crippen molar-refractivity contribution in [1.29, 1.82) is 0 Å². The summed E-state index contributed by atoms with van der Waals surface area (Å²) in [6, 6.07) is 20.2. The predicted octanol–water partition coefficient (Wildman–Crippen LogP) is 8.59. The van der Waals surface area contributed by atoms with Gasteiger partial charge in [-0.1, -0.05) is 0 Å². The van der Waals surface area contributed by atoms with Crippen LogP contribution in [0.3, 0.4) is 0 Å². The van der Waals surface area contributed by atoms with E-state index in [1.165, 1.54) is 74.4 Å². The summed E-state index contributed by atoms with van der Waals surface area (Å²) in [4.78, 5) is 0. The molecule has 0 atom stereocenters. The fourth-order valence-electron chi connectivity index (χ4n) is 4.76. The van der Waals surface area contributed by atoms with Crippen LogP contribution in [-0.2, 0) is 11.3 Å². The summed E-state index contributed by atoms with van der Waals surface area (Å²) in [7, 11) is 0. The Bertz CT molecular complexity index is 1050. The second-order valence-electron chi connectivity index (χ2n) is 8.69. The van der Waals surface area contributed by atoms with E-state index in [2.05, 4.69) is 68.4 Å². The van der Waals surface area contributed by atoms with Crippen LogP contribution in [0.4, 0.5) is 0 Å². The van der Waals surface area contributed by atoms with E-state index >= 15 is 0 Å². The van der Waals surface area contributed by atoms with Gasteiger partial charge in [0.2, 0.25) is 0 Å². The van der Waals surface area contributed by atoms with Crippen LogP contribution in [0.1, 0.15) is 51.5 Å². The molecule has 2 heteroatoms. The molecule has 157 valence electrons. The van der Waals surface area contributed by atoms with Crippen molar-refractivity contribution in [3.63, 3.8) is 0 Å². The maximum atomic E-state index is 6.20. The molecule has 1 nitrogen and oxygen atoms in total. The first-order valence-corrected chi connectivity index (χ1v) is 17.9. The molecule has 0 saturated heterocycles. The molecule has 0 bridgehead atoms. The molecule has 30 heavy (non-hydrogen) atoms. The van der Waals surface area contributed by atoms with Crippen LogP contribution in [0, 0.1) is 0 Å². The molecule has 0 aromatic heterocycles. The zero-order valence-corrected chi connectivity index (χ0v) is 21.5. The zero-order valence-electron chi connectivity index (χ0n) is 18.7. The van der Waals surface area contributed by atoms with Crippen molar-refractivity contribution in [3.8, 4) is 0 Å². The first-order valence-electron chi connectivity index (χ1n) is 11.9. The van der Waals surface area contributed by atoms with Gasteiger partial charge in [-0.25, -0.2) is 0 Å². The molecule has 0 unspecified atom stereocenters. The number of ether oxygens (including phenoxy) is 1. The summed E-state index contributed by atoms with van der Waals surface area (Å²) in [5, 5.41) is 8.17. The molecular weight excluding hydrogens is 471 g/mol. The monoisotopic (exact) mass is 507 g/mol. The Morgan fingerprint density at radius 1 is 0.667 bits per heavy atom. The third kappa shape index (κ3) is 4.94. The van der Waals surface area contributed by atoms with Gasteiger partial charge in [0, 0.05) is 0 Å². The van der Waals surface area contributed by atoms with Crippen molar-refractivity contribution in [3.05, 3.63) is 60.2 Å². The van der Waals surface area contributed by atoms with Crippen LogP contribution in [0.25, 0.3) is 32.3 Å². The van der Waals surface area contributed by atoms with Crippen LogP contribution < -0.4 is 0 Å². The second kappa shape index (κ2) is 10.8. The number of hydrogen-bond donors (Lipinski definition) is 0. The average molecular weight is 506 g/mol. The number of rotatable bonds is 12. The molecule has 4 rings (SSSR count). The third-order valence-electron chi connectivity index (χ3n) is 6.46. The average Bonchev–Trinajstić information content (AvgIpc) is 2.79. The summed E-state index contributed by atoms with van der Waals surface area (Å²) in [5.74, 6) is 0. The van der Waals surface area contributed by atoms with Crippen molar-refractivity contribution in [2.45, 2.75) is 65.9 Å². The van der Waals surface area contributed by atoms with E-state index in [1.807, 2.05) is 0 Å². The topological polar surface area (TPSA) is 9.23 Å². The molecule has 0 amide bonds. The molecule has 4 aromatic rings. The first kappa shape index (κ1) is 21.9. The van der Waals surface area contributed by atoms with Crippen molar-refractivity contribution in [1.82, 2.24) is 0 Å². The Hall–Kier alpha value is -1.32. The van der Waals surface area contributed by atoms with E-state index in [-0.39, 0.29) is 0 Å². The van der Waals surface area contributed by atoms with E-state index in [0.29, 0.717) is 0 Å². The molecule has 1 radical (unpaired) electrons. The van der Waals surface area contributed by atoms with Gasteiger partial charge >= 0.3 is 189 Å². The molecule has 0 spiro atoms. The standard InChI is InChI=1S/C20H17O.2C4H9.Sn/c1-2-12-21-13-17-9-8-16-7-6-14-4-3-5-15-10-11-18(17)20(16)19(14)15;2*1-3-4-2;/h3-11H,1-2,12-13H2;2*1,3-4H2,2H3;. The van der Waals surface area contributed by atoms with Crippen LogP contribution in [0.15, 0.2) is 54.6 Å². The summed E-state index contributed by atoms with van der Waals surface area (Å²) >= 11 is -1.14. The van der Waals surface area contributed by atoms with Gasteiger partial charge in [0.15, 0.2) is 0 Å². The van der Waals surface area contributed by atoms with Crippen LogP contribution in [0.5, 0.6) is 0 Å². The molecular formula is C28H35OSn. The van der Waals surface area contributed by atoms with Gasteiger partial charge in [-0.05, 0) is 0 Å². The Balaban J connectivity index is 1.41. The van der Waals surface area contributed by atoms with Gasteiger partial charge in [0.25, 0.3) is 0 Å². The number of hydrogen-bond acceptors (Lipinski definition) is 1. The van der Waals surface area contributed by atoms with Gasteiger partial charge in [0.1, 0.15) is 0 Å². The van der Waals surface area contributed by atoms with E-state index in [1.54, 1.807) is 8.87 Å². The van der Waals surface area contributed by atoms with Gasteiger partial charge in [-0.2, -0.15) is 0 Å². The fourth-order valence-corrected chi connectivity index (χ4v) is 13.6. The van der Waals surface area contributed by atoms with E-state index in [4.69, 9.17) is 4.74 Å². The quantitative estimate of drug-likeness (QED) is 0.106. The van der Waals surface area contributed by atoms with Crippen molar-refractivity contribution in [2.75, 3.05) is 6.61 Å². The van der Waals surface area contributed by atoms with Gasteiger partial charge in [-0.15, -0.1) is 0 Å². The Kier molecular flexibility index (Phi) is 7.89. The Morgan fingerprint density at radius 3 is 1.97 bits per heavy atom. The zero-order chi connectivity index (χ0) is 20.8. The molecule has 4 aromatic carbocycles. The third-order valence-corrected chi connectivity index (χ3v) is 15.5. The maximum absolute atomic E-state index is 6.20. The SMILES string of the molecule is CCC[CH2][Sn]([CH2]CCC)[CH2]CCOCc1ccc2ccc3cccc4ccc1c2c34. The Labute approximate surface area is 188 Å². The van der Waals surface area contributed by atoms with E-state index in [9.17, 15) is 0 Å². The van der Waals surface area contributed by atoms with Crippen molar-refractivity contribution in [2.24, 2.45) is 0 Å². The van der Waals surface area contributed by atoms with Crippen molar-refractivity contribution >= 4 is 52.1 Å².